The lowest BCUT2D eigenvalue weighted by atomic mass is 9.42. The summed E-state index contributed by atoms with van der Waals surface area (Å²) in [6, 6.07) is 18.5. The van der Waals surface area contributed by atoms with Crippen LogP contribution in [0.2, 0.25) is 0 Å². The Bertz CT molecular complexity index is 955. The highest BCUT2D eigenvalue weighted by atomic mass is 16.5. The van der Waals surface area contributed by atoms with Gasteiger partial charge in [0.25, 0.3) is 0 Å². The van der Waals surface area contributed by atoms with Crippen LogP contribution in [-0.2, 0) is 18.3 Å². The predicted octanol–water partition coefficient (Wildman–Crippen LogP) is 4.75. The minimum atomic E-state index is -0.198. The van der Waals surface area contributed by atoms with Crippen molar-refractivity contribution in [1.82, 2.24) is 4.90 Å². The van der Waals surface area contributed by atoms with E-state index in [2.05, 4.69) is 53.4 Å². The van der Waals surface area contributed by atoms with Crippen LogP contribution < -0.4 is 4.74 Å². The zero-order valence-electron chi connectivity index (χ0n) is 18.7. The maximum Gasteiger partial charge on any atom is 0.119 e. The molecule has 1 saturated heterocycles. The molecular weight excluding hydrogens is 382 g/mol. The number of methoxy groups -OCH3 is 1. The van der Waals surface area contributed by atoms with Gasteiger partial charge in [0.2, 0.25) is 0 Å². The first kappa shape index (κ1) is 19.8. The zero-order valence-corrected chi connectivity index (χ0v) is 18.7. The molecule has 6 rings (SSSR count). The fourth-order valence-electron chi connectivity index (χ4n) is 7.59. The molecule has 3 nitrogen and oxygen atoms in total. The third kappa shape index (κ3) is 3.08. The van der Waals surface area contributed by atoms with Crippen LogP contribution in [0.15, 0.2) is 48.5 Å². The van der Waals surface area contributed by atoms with Crippen molar-refractivity contribution in [2.45, 2.75) is 68.9 Å². The Morgan fingerprint density at radius 1 is 1.06 bits per heavy atom. The van der Waals surface area contributed by atoms with E-state index in [-0.39, 0.29) is 16.9 Å². The Morgan fingerprint density at radius 3 is 2.68 bits per heavy atom. The number of aliphatic hydroxyl groups excluding tert-OH is 1. The molecule has 2 saturated carbocycles. The highest BCUT2D eigenvalue weighted by molar-refractivity contribution is 5.48. The second-order valence-corrected chi connectivity index (χ2v) is 10.7. The number of nitrogens with zero attached hydrogens (tertiary/aromatic N) is 1. The minimum Gasteiger partial charge on any atom is -0.497 e. The summed E-state index contributed by atoms with van der Waals surface area (Å²) < 4.78 is 5.68. The number of aliphatic hydroxyl groups is 1. The second kappa shape index (κ2) is 7.35. The van der Waals surface area contributed by atoms with Gasteiger partial charge in [0, 0.05) is 23.4 Å². The molecule has 4 atom stereocenters. The summed E-state index contributed by atoms with van der Waals surface area (Å²) in [4.78, 5) is 2.86. The number of fused-ring (bicyclic) bond motifs is 1. The van der Waals surface area contributed by atoms with Crippen molar-refractivity contribution < 1.29 is 9.84 Å². The molecule has 0 unspecified atom stereocenters. The van der Waals surface area contributed by atoms with Gasteiger partial charge in [-0.2, -0.15) is 0 Å². The summed E-state index contributed by atoms with van der Waals surface area (Å²) in [5, 5.41) is 11.0. The van der Waals surface area contributed by atoms with Crippen LogP contribution in [0.4, 0.5) is 0 Å². The topological polar surface area (TPSA) is 32.7 Å². The van der Waals surface area contributed by atoms with Gasteiger partial charge in [-0.25, -0.2) is 0 Å². The average molecular weight is 418 g/mol. The van der Waals surface area contributed by atoms with Crippen LogP contribution in [0, 0.1) is 11.3 Å². The van der Waals surface area contributed by atoms with Gasteiger partial charge in [0.15, 0.2) is 0 Å². The van der Waals surface area contributed by atoms with E-state index in [4.69, 9.17) is 4.74 Å². The Morgan fingerprint density at radius 2 is 1.90 bits per heavy atom. The van der Waals surface area contributed by atoms with E-state index in [1.165, 1.54) is 42.6 Å². The van der Waals surface area contributed by atoms with Crippen LogP contribution in [-0.4, -0.2) is 42.4 Å². The largest absolute Gasteiger partial charge is 0.497 e. The van der Waals surface area contributed by atoms with Crippen molar-refractivity contribution >= 4 is 0 Å². The summed E-state index contributed by atoms with van der Waals surface area (Å²) >= 11 is 0. The molecule has 0 aromatic heterocycles. The first-order valence-corrected chi connectivity index (χ1v) is 12.3. The molecule has 2 aromatic carbocycles. The van der Waals surface area contributed by atoms with E-state index < -0.39 is 0 Å². The summed E-state index contributed by atoms with van der Waals surface area (Å²) in [5.41, 5.74) is 4.63. The van der Waals surface area contributed by atoms with Crippen molar-refractivity contribution in [3.63, 3.8) is 0 Å². The Hall–Kier alpha value is -1.84. The molecule has 4 aliphatic rings. The number of likely N-dealkylation sites (tertiary alicyclic amines) is 1. The predicted molar refractivity (Wildman–Crippen MR) is 124 cm³/mol. The van der Waals surface area contributed by atoms with Crippen molar-refractivity contribution in [1.29, 1.82) is 0 Å². The Kier molecular flexibility index (Phi) is 4.70. The first-order chi connectivity index (χ1) is 15.1. The van der Waals surface area contributed by atoms with Crippen molar-refractivity contribution in [2.75, 3.05) is 20.2 Å². The van der Waals surface area contributed by atoms with E-state index in [9.17, 15) is 5.11 Å². The van der Waals surface area contributed by atoms with Crippen LogP contribution in [0.1, 0.15) is 55.2 Å². The highest BCUT2D eigenvalue weighted by Crippen LogP contribution is 2.64. The second-order valence-electron chi connectivity index (χ2n) is 10.7. The molecule has 0 spiro atoms. The van der Waals surface area contributed by atoms with Crippen molar-refractivity contribution in [3.8, 4) is 5.75 Å². The molecule has 1 aliphatic heterocycles. The third-order valence-electron chi connectivity index (χ3n) is 9.16. The molecule has 164 valence electrons. The van der Waals surface area contributed by atoms with Gasteiger partial charge in [-0.3, -0.25) is 4.90 Å². The molecule has 3 fully saturated rings. The molecule has 1 heterocycles. The SMILES string of the molecule is COc1ccc2c(c1)[C@]13CCN(CC4CC4)[C@H](C2)[C@]1(Cc1ccccc1)CC[C@@H](O)C3. The fourth-order valence-corrected chi connectivity index (χ4v) is 7.59. The normalized spacial score (nSPS) is 34.6. The Labute approximate surface area is 186 Å². The Balaban J connectivity index is 1.53. The van der Waals surface area contributed by atoms with E-state index >= 15 is 0 Å². The van der Waals surface area contributed by atoms with Gasteiger partial charge in [-0.05, 0) is 92.7 Å². The molecule has 2 aromatic rings. The van der Waals surface area contributed by atoms with Gasteiger partial charge in [0.05, 0.1) is 13.2 Å². The van der Waals surface area contributed by atoms with Gasteiger partial charge in [-0.1, -0.05) is 36.4 Å². The van der Waals surface area contributed by atoms with Gasteiger partial charge < -0.3 is 9.84 Å². The summed E-state index contributed by atoms with van der Waals surface area (Å²) in [6.07, 6.45) is 8.97. The summed E-state index contributed by atoms with van der Waals surface area (Å²) in [7, 11) is 1.77. The first-order valence-electron chi connectivity index (χ1n) is 12.3. The average Bonchev–Trinajstić information content (AvgIpc) is 3.61. The van der Waals surface area contributed by atoms with E-state index in [0.29, 0.717) is 6.04 Å². The minimum absolute atomic E-state index is 0.0351. The smallest absolute Gasteiger partial charge is 0.119 e. The fraction of sp³-hybridized carbons (Fsp3) is 0.571. The zero-order chi connectivity index (χ0) is 21.1. The molecule has 0 radical (unpaired) electrons. The van der Waals surface area contributed by atoms with Crippen LogP contribution in [0.25, 0.3) is 0 Å². The lowest BCUT2D eigenvalue weighted by Crippen LogP contribution is -2.70. The van der Waals surface area contributed by atoms with Crippen molar-refractivity contribution in [2.24, 2.45) is 11.3 Å². The maximum atomic E-state index is 11.0. The van der Waals surface area contributed by atoms with E-state index in [1.54, 1.807) is 7.11 Å². The third-order valence-corrected chi connectivity index (χ3v) is 9.16. The van der Waals surface area contributed by atoms with Crippen LogP contribution in [0.3, 0.4) is 0 Å². The van der Waals surface area contributed by atoms with Gasteiger partial charge >= 0.3 is 0 Å². The van der Waals surface area contributed by atoms with Gasteiger partial charge in [0.1, 0.15) is 5.75 Å². The lowest BCUT2D eigenvalue weighted by molar-refractivity contribution is -0.122. The van der Waals surface area contributed by atoms with Gasteiger partial charge in [-0.15, -0.1) is 0 Å². The number of benzene rings is 2. The van der Waals surface area contributed by atoms with Crippen LogP contribution >= 0.6 is 0 Å². The molecule has 3 aliphatic carbocycles. The van der Waals surface area contributed by atoms with E-state index in [0.717, 1.165) is 50.2 Å². The summed E-state index contributed by atoms with van der Waals surface area (Å²) in [5.74, 6) is 1.87. The molecule has 2 bridgehead atoms. The number of rotatable bonds is 5. The number of hydrogen-bond acceptors (Lipinski definition) is 3. The quantitative estimate of drug-likeness (QED) is 0.762. The molecule has 3 heteroatoms. The lowest BCUT2D eigenvalue weighted by Gasteiger charge is -2.67. The summed E-state index contributed by atoms with van der Waals surface area (Å²) in [6.45, 7) is 2.44. The highest BCUT2D eigenvalue weighted by Gasteiger charge is 2.64. The number of piperidine rings is 1. The molecule has 0 amide bonds. The molecular formula is C28H35NO2. The van der Waals surface area contributed by atoms with Crippen LogP contribution in [0.5, 0.6) is 5.75 Å². The monoisotopic (exact) mass is 417 g/mol. The molecule has 1 N–H and O–H groups in total. The number of hydrogen-bond donors (Lipinski definition) is 1. The number of ether oxygens (including phenoxy) is 1. The maximum absolute atomic E-state index is 11.0. The van der Waals surface area contributed by atoms with E-state index in [1.807, 2.05) is 0 Å². The standard InChI is InChI=1S/C28H35NO2/c1-31-24-10-9-22-15-26-28(17-20-5-3-2-4-6-20)12-11-23(30)18-27(28,25(22)16-24)13-14-29(26)19-21-7-8-21/h2-6,9-10,16,21,23,26,30H,7-8,11-15,17-19H2,1H3/t23-,26-,27-,28-/m1/s1. The molecule has 31 heavy (non-hydrogen) atoms. The van der Waals surface area contributed by atoms with Crippen molar-refractivity contribution in [3.05, 3.63) is 65.2 Å².